The van der Waals surface area contributed by atoms with Gasteiger partial charge in [0.1, 0.15) is 0 Å². The Morgan fingerprint density at radius 1 is 1.40 bits per heavy atom. The smallest absolute Gasteiger partial charge is 0.283 e. The molecular formula is C13H19N4O3+. The van der Waals surface area contributed by atoms with E-state index in [0.29, 0.717) is 37.2 Å². The van der Waals surface area contributed by atoms with Crippen LogP contribution in [0.25, 0.3) is 11.7 Å². The molecule has 0 fully saturated rings. The Bertz CT molecular complexity index is 536. The highest BCUT2D eigenvalue weighted by atomic mass is 16.4. The standard InChI is InChI=1S/C13H18N4O3/c1-3-14-11(18)8-17(4-2)9-12-15-16-13(20-12)10-6-5-7-19-10/h5-7H,3-4,8-9H2,1-2H3,(H,14,18)/p+1. The number of hydrogen-bond acceptors (Lipinski definition) is 5. The number of quaternary nitrogens is 1. The van der Waals surface area contributed by atoms with Crippen molar-refractivity contribution >= 4 is 5.91 Å². The van der Waals surface area contributed by atoms with Crippen molar-refractivity contribution in [1.29, 1.82) is 0 Å². The van der Waals surface area contributed by atoms with E-state index in [-0.39, 0.29) is 5.91 Å². The van der Waals surface area contributed by atoms with Crippen LogP contribution in [0.5, 0.6) is 0 Å². The number of carbonyl (C=O) groups excluding carboxylic acids is 1. The molecule has 2 rings (SSSR count). The van der Waals surface area contributed by atoms with Gasteiger partial charge in [-0.2, -0.15) is 0 Å². The van der Waals surface area contributed by atoms with Crippen molar-refractivity contribution in [1.82, 2.24) is 15.5 Å². The summed E-state index contributed by atoms with van der Waals surface area (Å²) in [5.74, 6) is 1.43. The molecular weight excluding hydrogens is 260 g/mol. The summed E-state index contributed by atoms with van der Waals surface area (Å²) in [5.41, 5.74) is 0. The molecule has 1 unspecified atom stereocenters. The summed E-state index contributed by atoms with van der Waals surface area (Å²) in [6.45, 7) is 6.26. The maximum absolute atomic E-state index is 11.6. The fourth-order valence-corrected chi connectivity index (χ4v) is 1.84. The summed E-state index contributed by atoms with van der Waals surface area (Å²) < 4.78 is 10.7. The minimum absolute atomic E-state index is 0.0233. The first-order valence-electron chi connectivity index (χ1n) is 6.69. The quantitative estimate of drug-likeness (QED) is 0.737. The predicted octanol–water partition coefficient (Wildman–Crippen LogP) is -0.129. The van der Waals surface area contributed by atoms with Crippen LogP contribution in [0.3, 0.4) is 0 Å². The van der Waals surface area contributed by atoms with E-state index in [1.165, 1.54) is 0 Å². The van der Waals surface area contributed by atoms with Crippen molar-refractivity contribution in [3.05, 3.63) is 24.3 Å². The third-order valence-corrected chi connectivity index (χ3v) is 2.88. The van der Waals surface area contributed by atoms with E-state index in [1.807, 2.05) is 13.8 Å². The van der Waals surface area contributed by atoms with E-state index < -0.39 is 0 Å². The van der Waals surface area contributed by atoms with Gasteiger partial charge in [-0.3, -0.25) is 4.79 Å². The molecule has 0 aliphatic heterocycles. The molecule has 0 bridgehead atoms. The Morgan fingerprint density at radius 2 is 2.25 bits per heavy atom. The minimum Gasteiger partial charge on any atom is -0.459 e. The van der Waals surface area contributed by atoms with Gasteiger partial charge in [0.25, 0.3) is 17.7 Å². The van der Waals surface area contributed by atoms with Crippen LogP contribution in [0, 0.1) is 0 Å². The molecule has 2 aromatic rings. The highest BCUT2D eigenvalue weighted by Crippen LogP contribution is 2.17. The summed E-state index contributed by atoms with van der Waals surface area (Å²) in [4.78, 5) is 12.6. The number of amides is 1. The molecule has 2 heterocycles. The molecule has 7 nitrogen and oxygen atoms in total. The molecule has 2 aromatic heterocycles. The third-order valence-electron chi connectivity index (χ3n) is 2.88. The van der Waals surface area contributed by atoms with Crippen molar-refractivity contribution < 1.29 is 18.5 Å². The number of carbonyl (C=O) groups is 1. The van der Waals surface area contributed by atoms with Crippen molar-refractivity contribution in [2.75, 3.05) is 19.6 Å². The largest absolute Gasteiger partial charge is 0.459 e. The molecule has 0 aromatic carbocycles. The van der Waals surface area contributed by atoms with E-state index in [9.17, 15) is 4.79 Å². The lowest BCUT2D eigenvalue weighted by Gasteiger charge is -2.14. The van der Waals surface area contributed by atoms with Gasteiger partial charge in [0.15, 0.2) is 18.8 Å². The topological polar surface area (TPSA) is 85.6 Å². The predicted molar refractivity (Wildman–Crippen MR) is 70.8 cm³/mol. The zero-order chi connectivity index (χ0) is 14.4. The van der Waals surface area contributed by atoms with Crippen LogP contribution in [-0.4, -0.2) is 35.7 Å². The van der Waals surface area contributed by atoms with Crippen LogP contribution < -0.4 is 10.2 Å². The Labute approximate surface area is 117 Å². The molecule has 0 spiro atoms. The summed E-state index contributed by atoms with van der Waals surface area (Å²) in [6, 6.07) is 3.52. The summed E-state index contributed by atoms with van der Waals surface area (Å²) in [5, 5.41) is 10.7. The average Bonchev–Trinajstić information content (AvgIpc) is 3.08. The van der Waals surface area contributed by atoms with Gasteiger partial charge in [0.2, 0.25) is 0 Å². The molecule has 0 saturated carbocycles. The van der Waals surface area contributed by atoms with E-state index in [2.05, 4.69) is 15.5 Å². The molecule has 108 valence electrons. The van der Waals surface area contributed by atoms with Crippen LogP contribution in [-0.2, 0) is 11.3 Å². The lowest BCUT2D eigenvalue weighted by Crippen LogP contribution is -3.11. The maximum atomic E-state index is 11.6. The summed E-state index contributed by atoms with van der Waals surface area (Å²) >= 11 is 0. The molecule has 2 N–H and O–H groups in total. The normalized spacial score (nSPS) is 12.3. The van der Waals surface area contributed by atoms with E-state index >= 15 is 0 Å². The Morgan fingerprint density at radius 3 is 2.90 bits per heavy atom. The number of furan rings is 1. The SMILES string of the molecule is CCNC(=O)C[NH+](CC)Cc1nnc(-c2ccco2)o1. The monoisotopic (exact) mass is 279 g/mol. The van der Waals surface area contributed by atoms with E-state index in [1.54, 1.807) is 18.4 Å². The van der Waals surface area contributed by atoms with Gasteiger partial charge >= 0.3 is 0 Å². The van der Waals surface area contributed by atoms with Crippen molar-refractivity contribution in [3.63, 3.8) is 0 Å². The average molecular weight is 279 g/mol. The van der Waals surface area contributed by atoms with E-state index in [4.69, 9.17) is 8.83 Å². The molecule has 20 heavy (non-hydrogen) atoms. The lowest BCUT2D eigenvalue weighted by molar-refractivity contribution is -0.905. The molecule has 0 radical (unpaired) electrons. The van der Waals surface area contributed by atoms with Gasteiger partial charge in [-0.15, -0.1) is 10.2 Å². The van der Waals surface area contributed by atoms with Crippen LogP contribution in [0.2, 0.25) is 0 Å². The first-order chi connectivity index (χ1) is 9.72. The van der Waals surface area contributed by atoms with Crippen LogP contribution in [0.15, 0.2) is 27.2 Å². The Hall–Kier alpha value is -2.15. The van der Waals surface area contributed by atoms with Crippen LogP contribution >= 0.6 is 0 Å². The maximum Gasteiger partial charge on any atom is 0.283 e. The number of aromatic nitrogens is 2. The van der Waals surface area contributed by atoms with Crippen molar-refractivity contribution in [2.24, 2.45) is 0 Å². The number of nitrogens with zero attached hydrogens (tertiary/aromatic N) is 2. The van der Waals surface area contributed by atoms with Gasteiger partial charge in [-0.05, 0) is 26.0 Å². The first kappa shape index (κ1) is 14.3. The van der Waals surface area contributed by atoms with Gasteiger partial charge in [-0.1, -0.05) is 0 Å². The second-order valence-corrected chi connectivity index (χ2v) is 4.39. The molecule has 1 amide bonds. The van der Waals surface area contributed by atoms with Gasteiger partial charge in [0.05, 0.1) is 12.8 Å². The highest BCUT2D eigenvalue weighted by molar-refractivity contribution is 5.76. The minimum atomic E-state index is 0.0233. The number of nitrogens with one attached hydrogen (secondary N) is 2. The van der Waals surface area contributed by atoms with Crippen LogP contribution in [0.4, 0.5) is 0 Å². The summed E-state index contributed by atoms with van der Waals surface area (Å²) in [7, 11) is 0. The molecule has 0 aliphatic carbocycles. The van der Waals surface area contributed by atoms with Crippen LogP contribution in [0.1, 0.15) is 19.7 Å². The second-order valence-electron chi connectivity index (χ2n) is 4.39. The highest BCUT2D eigenvalue weighted by Gasteiger charge is 2.17. The van der Waals surface area contributed by atoms with E-state index in [0.717, 1.165) is 11.4 Å². The molecule has 7 heteroatoms. The molecule has 1 atom stereocenters. The van der Waals surface area contributed by atoms with Crippen molar-refractivity contribution in [2.45, 2.75) is 20.4 Å². The zero-order valence-electron chi connectivity index (χ0n) is 11.7. The lowest BCUT2D eigenvalue weighted by atomic mass is 10.4. The van der Waals surface area contributed by atoms with Gasteiger partial charge in [0, 0.05) is 6.54 Å². The number of likely N-dealkylation sites (N-methyl/N-ethyl adjacent to an activating group) is 2. The molecule has 0 aliphatic rings. The Kier molecular flexibility index (Phi) is 4.89. The van der Waals surface area contributed by atoms with Gasteiger partial charge in [-0.25, -0.2) is 0 Å². The second kappa shape index (κ2) is 6.85. The Balaban J connectivity index is 1.96. The summed E-state index contributed by atoms with van der Waals surface area (Å²) in [6.07, 6.45) is 1.55. The third kappa shape index (κ3) is 3.67. The number of hydrogen-bond donors (Lipinski definition) is 2. The molecule has 0 saturated heterocycles. The van der Waals surface area contributed by atoms with Gasteiger partial charge < -0.3 is 19.1 Å². The zero-order valence-corrected chi connectivity index (χ0v) is 11.7. The van der Waals surface area contributed by atoms with Crippen molar-refractivity contribution in [3.8, 4) is 11.7 Å². The first-order valence-corrected chi connectivity index (χ1v) is 6.69. The fourth-order valence-electron chi connectivity index (χ4n) is 1.84. The fraction of sp³-hybridized carbons (Fsp3) is 0.462. The number of rotatable bonds is 7.